The van der Waals surface area contributed by atoms with Gasteiger partial charge < -0.3 is 29.5 Å². The number of anilines is 2. The highest BCUT2D eigenvalue weighted by molar-refractivity contribution is 5.94. The first-order valence-corrected chi connectivity index (χ1v) is 17.4. The Morgan fingerprint density at radius 3 is 1.75 bits per heavy atom. The number of hydrogen-bond acceptors (Lipinski definition) is 10. The van der Waals surface area contributed by atoms with Gasteiger partial charge in [-0.3, -0.25) is 0 Å². The molecule has 6 rings (SSSR count). The summed E-state index contributed by atoms with van der Waals surface area (Å²) < 4.78 is 11.2. The zero-order valence-electron chi connectivity index (χ0n) is 30.6. The fourth-order valence-corrected chi connectivity index (χ4v) is 6.37. The van der Waals surface area contributed by atoms with E-state index in [-0.39, 0.29) is 17.2 Å². The number of carboxylic acid groups (broad SMARTS) is 2. The molecule has 0 saturated carbocycles. The molecule has 2 aromatic heterocycles. The van der Waals surface area contributed by atoms with Crippen LogP contribution in [0.4, 0.5) is 11.6 Å². The molecule has 0 bridgehead atoms. The normalized spacial score (nSPS) is 11.7. The highest BCUT2D eigenvalue weighted by Gasteiger charge is 2.22. The number of methoxy groups -OCH3 is 2. The van der Waals surface area contributed by atoms with Gasteiger partial charge in [0, 0.05) is 37.3 Å². The van der Waals surface area contributed by atoms with Crippen LogP contribution in [0.15, 0.2) is 78.9 Å². The Labute approximate surface area is 307 Å². The van der Waals surface area contributed by atoms with E-state index >= 15 is 0 Å². The van der Waals surface area contributed by atoms with E-state index in [0.29, 0.717) is 64.6 Å². The van der Waals surface area contributed by atoms with E-state index in [0.717, 1.165) is 34.6 Å². The number of carbonyl (C=O) groups is 2. The summed E-state index contributed by atoms with van der Waals surface area (Å²) in [5, 5.41) is 19.2. The van der Waals surface area contributed by atoms with Crippen LogP contribution in [0.2, 0.25) is 0 Å². The number of aromatic nitrogens is 4. The van der Waals surface area contributed by atoms with E-state index in [1.807, 2.05) is 43.4 Å². The smallest absolute Gasteiger partial charge is 0.335 e. The highest BCUT2D eigenvalue weighted by Crippen LogP contribution is 2.35. The minimum Gasteiger partial charge on any atom is -0.497 e. The molecule has 1 atom stereocenters. The maximum Gasteiger partial charge on any atom is 0.335 e. The maximum atomic E-state index is 11.8. The molecule has 0 saturated heterocycles. The van der Waals surface area contributed by atoms with Gasteiger partial charge in [0.2, 0.25) is 0 Å². The summed E-state index contributed by atoms with van der Waals surface area (Å²) >= 11 is 0. The van der Waals surface area contributed by atoms with Crippen molar-refractivity contribution in [3.8, 4) is 34.0 Å². The molecular weight excluding hydrogens is 672 g/mol. The zero-order valence-corrected chi connectivity index (χ0v) is 30.6. The van der Waals surface area contributed by atoms with Crippen LogP contribution in [0.25, 0.3) is 44.6 Å². The second kappa shape index (κ2) is 15.5. The average molecular weight is 715 g/mol. The molecule has 2 heterocycles. The quantitative estimate of drug-likeness (QED) is 0.114. The predicted molar refractivity (Wildman–Crippen MR) is 207 cm³/mol. The molecule has 0 amide bonds. The number of hydrogen-bond donors (Lipinski definition) is 2. The van der Waals surface area contributed by atoms with Crippen molar-refractivity contribution in [2.75, 3.05) is 44.2 Å². The third-order valence-electron chi connectivity index (χ3n) is 9.59. The van der Waals surface area contributed by atoms with E-state index in [4.69, 9.17) is 29.4 Å². The fraction of sp³-hybridized carbons (Fsp3) is 0.268. The molecule has 6 aromatic rings. The number of aryl methyl sites for hydroxylation is 1. The lowest BCUT2D eigenvalue weighted by Crippen LogP contribution is -2.31. The largest absolute Gasteiger partial charge is 0.497 e. The summed E-state index contributed by atoms with van der Waals surface area (Å²) in [5.41, 5.74) is 6.60. The number of ether oxygens (including phenoxy) is 2. The predicted octanol–water partition coefficient (Wildman–Crippen LogP) is 7.62. The molecule has 0 aliphatic heterocycles. The van der Waals surface area contributed by atoms with Gasteiger partial charge in [-0.05, 0) is 118 Å². The summed E-state index contributed by atoms with van der Waals surface area (Å²) in [6, 6.07) is 23.2. The Hall–Kier alpha value is -6.30. The Morgan fingerprint density at radius 2 is 1.23 bits per heavy atom. The molecule has 53 heavy (non-hydrogen) atoms. The Morgan fingerprint density at radius 1 is 0.679 bits per heavy atom. The van der Waals surface area contributed by atoms with Crippen molar-refractivity contribution in [2.24, 2.45) is 0 Å². The van der Waals surface area contributed by atoms with Crippen LogP contribution in [0.3, 0.4) is 0 Å². The number of carboxylic acids is 2. The van der Waals surface area contributed by atoms with Crippen LogP contribution in [-0.4, -0.2) is 82.5 Å². The standard InChI is InChI=1S/C41H42N6O6/c1-7-47(8-2)39-37(43-32-19-14-29(41(50)51)23-34(32)45-39)27-15-20-35(53-6)26(21-27)10-9-24(3)46(4)38-36(25-11-16-30(52-5)17-12-25)42-31-18-13-28(40(48)49)22-33(31)44-38/h11-24H,7-10H2,1-6H3,(H,48,49)(H,50,51). The number of fused-ring (bicyclic) bond motifs is 2. The van der Waals surface area contributed by atoms with Gasteiger partial charge in [-0.15, -0.1) is 0 Å². The zero-order chi connectivity index (χ0) is 37.8. The van der Waals surface area contributed by atoms with Crippen molar-refractivity contribution in [2.45, 2.75) is 39.7 Å². The van der Waals surface area contributed by atoms with Crippen LogP contribution in [0, 0.1) is 0 Å². The van der Waals surface area contributed by atoms with Crippen LogP contribution in [0.5, 0.6) is 11.5 Å². The van der Waals surface area contributed by atoms with Crippen LogP contribution >= 0.6 is 0 Å². The van der Waals surface area contributed by atoms with Crippen molar-refractivity contribution in [1.82, 2.24) is 19.9 Å². The molecule has 12 nitrogen and oxygen atoms in total. The average Bonchev–Trinajstić information content (AvgIpc) is 3.18. The molecule has 0 aliphatic carbocycles. The summed E-state index contributed by atoms with van der Waals surface area (Å²) in [6.07, 6.45) is 1.38. The molecule has 272 valence electrons. The molecule has 2 N–H and O–H groups in total. The fourth-order valence-electron chi connectivity index (χ4n) is 6.37. The molecule has 4 aromatic carbocycles. The van der Waals surface area contributed by atoms with Gasteiger partial charge in [0.05, 0.1) is 47.4 Å². The van der Waals surface area contributed by atoms with Gasteiger partial charge in [-0.25, -0.2) is 29.5 Å². The SMILES string of the molecule is CCN(CC)c1nc2cc(C(=O)O)ccc2nc1-c1ccc(OC)c(CCC(C)N(C)c2nc3cc(C(=O)O)ccc3nc2-c2ccc(OC)cc2)c1. The number of aromatic carboxylic acids is 2. The highest BCUT2D eigenvalue weighted by atomic mass is 16.5. The number of nitrogens with zero attached hydrogens (tertiary/aromatic N) is 6. The first-order chi connectivity index (χ1) is 25.5. The minimum absolute atomic E-state index is 0.0232. The molecular formula is C41H42N6O6. The van der Waals surface area contributed by atoms with Gasteiger partial charge in [0.25, 0.3) is 0 Å². The lowest BCUT2D eigenvalue weighted by molar-refractivity contribution is 0.0686. The molecule has 0 radical (unpaired) electrons. The Kier molecular flexibility index (Phi) is 10.7. The number of benzene rings is 4. The van der Waals surface area contributed by atoms with Crippen molar-refractivity contribution < 1.29 is 29.3 Å². The van der Waals surface area contributed by atoms with Crippen LogP contribution in [-0.2, 0) is 6.42 Å². The molecule has 0 aliphatic rings. The van der Waals surface area contributed by atoms with E-state index in [2.05, 4.69) is 36.6 Å². The third-order valence-corrected chi connectivity index (χ3v) is 9.59. The summed E-state index contributed by atoms with van der Waals surface area (Å²) in [5.74, 6) is 0.733. The Bertz CT molecular complexity index is 2310. The second-order valence-corrected chi connectivity index (χ2v) is 12.7. The van der Waals surface area contributed by atoms with E-state index in [1.165, 1.54) is 6.07 Å². The van der Waals surface area contributed by atoms with Crippen molar-refractivity contribution >= 4 is 45.6 Å². The third kappa shape index (κ3) is 7.52. The Balaban J connectivity index is 1.35. The molecule has 0 spiro atoms. The monoisotopic (exact) mass is 714 g/mol. The summed E-state index contributed by atoms with van der Waals surface area (Å²) in [4.78, 5) is 47.5. The van der Waals surface area contributed by atoms with Gasteiger partial charge in [-0.1, -0.05) is 0 Å². The molecule has 12 heteroatoms. The van der Waals surface area contributed by atoms with E-state index < -0.39 is 11.9 Å². The van der Waals surface area contributed by atoms with Crippen LogP contribution in [0.1, 0.15) is 53.5 Å². The molecule has 0 fully saturated rings. The first-order valence-electron chi connectivity index (χ1n) is 17.4. The first kappa shape index (κ1) is 36.5. The van der Waals surface area contributed by atoms with E-state index in [9.17, 15) is 19.8 Å². The van der Waals surface area contributed by atoms with Gasteiger partial charge in [0.1, 0.15) is 22.9 Å². The van der Waals surface area contributed by atoms with Crippen LogP contribution < -0.4 is 19.3 Å². The topological polar surface area (TPSA) is 151 Å². The number of rotatable bonds is 14. The van der Waals surface area contributed by atoms with Gasteiger partial charge in [-0.2, -0.15) is 0 Å². The van der Waals surface area contributed by atoms with Gasteiger partial charge >= 0.3 is 11.9 Å². The lowest BCUT2D eigenvalue weighted by Gasteiger charge is -2.28. The molecule has 1 unspecified atom stereocenters. The van der Waals surface area contributed by atoms with Crippen molar-refractivity contribution in [3.05, 3.63) is 95.6 Å². The minimum atomic E-state index is -1.03. The summed E-state index contributed by atoms with van der Waals surface area (Å²) in [6.45, 7) is 7.61. The van der Waals surface area contributed by atoms with Crippen molar-refractivity contribution in [3.63, 3.8) is 0 Å². The van der Waals surface area contributed by atoms with Crippen molar-refractivity contribution in [1.29, 1.82) is 0 Å². The second-order valence-electron chi connectivity index (χ2n) is 12.7. The summed E-state index contributed by atoms with van der Waals surface area (Å²) in [7, 11) is 5.25. The lowest BCUT2D eigenvalue weighted by atomic mass is 10.00. The van der Waals surface area contributed by atoms with E-state index in [1.54, 1.807) is 44.6 Å². The maximum absolute atomic E-state index is 11.8. The van der Waals surface area contributed by atoms with Gasteiger partial charge in [0.15, 0.2) is 11.6 Å².